The van der Waals surface area contributed by atoms with Crippen LogP contribution in [0.4, 0.5) is 0 Å². The van der Waals surface area contributed by atoms with Crippen molar-refractivity contribution < 1.29 is 8.42 Å². The second-order valence-corrected chi connectivity index (χ2v) is 7.12. The van der Waals surface area contributed by atoms with E-state index in [4.69, 9.17) is 0 Å². The van der Waals surface area contributed by atoms with Crippen molar-refractivity contribution in [2.24, 2.45) is 5.92 Å². The molecule has 1 saturated heterocycles. The summed E-state index contributed by atoms with van der Waals surface area (Å²) in [6.45, 7) is 6.50. The Labute approximate surface area is 105 Å². The van der Waals surface area contributed by atoms with Crippen LogP contribution >= 0.6 is 0 Å². The molecule has 102 valence electrons. The maximum absolute atomic E-state index is 12.0. The third-order valence-electron chi connectivity index (χ3n) is 3.31. The van der Waals surface area contributed by atoms with Gasteiger partial charge in [-0.05, 0) is 25.3 Å². The Bertz CT molecular complexity index is 330. The van der Waals surface area contributed by atoms with Gasteiger partial charge in [-0.2, -0.15) is 17.0 Å². The number of piperidine rings is 1. The molecule has 0 amide bonds. The molecule has 0 aliphatic carbocycles. The van der Waals surface area contributed by atoms with Gasteiger partial charge in [0.1, 0.15) is 0 Å². The summed E-state index contributed by atoms with van der Waals surface area (Å²) in [5.74, 6) is 0.366. The second-order valence-electron chi connectivity index (χ2n) is 4.97. The first-order valence-electron chi connectivity index (χ1n) is 6.30. The summed E-state index contributed by atoms with van der Waals surface area (Å²) >= 11 is 0. The number of hydrogen-bond donors (Lipinski definition) is 1. The Hall–Kier alpha value is -0.170. The van der Waals surface area contributed by atoms with Gasteiger partial charge in [0.05, 0.1) is 0 Å². The first-order valence-corrected chi connectivity index (χ1v) is 7.70. The van der Waals surface area contributed by atoms with Gasteiger partial charge in [0.15, 0.2) is 0 Å². The lowest BCUT2D eigenvalue weighted by Gasteiger charge is -2.37. The first kappa shape index (κ1) is 14.9. The molecule has 0 aromatic heterocycles. The predicted molar refractivity (Wildman–Crippen MR) is 70.0 cm³/mol. The Morgan fingerprint density at radius 1 is 1.41 bits per heavy atom. The molecule has 1 aliphatic heterocycles. The van der Waals surface area contributed by atoms with Gasteiger partial charge in [0.2, 0.25) is 0 Å². The molecule has 0 aromatic carbocycles. The van der Waals surface area contributed by atoms with Crippen LogP contribution in [0, 0.1) is 5.92 Å². The zero-order valence-corrected chi connectivity index (χ0v) is 12.1. The summed E-state index contributed by atoms with van der Waals surface area (Å²) in [6.07, 6.45) is 2.01. The van der Waals surface area contributed by atoms with Crippen molar-refractivity contribution in [3.63, 3.8) is 0 Å². The quantitative estimate of drug-likeness (QED) is 0.786. The maximum Gasteiger partial charge on any atom is 0.281 e. The molecule has 0 saturated carbocycles. The van der Waals surface area contributed by atoms with E-state index in [9.17, 15) is 8.42 Å². The van der Waals surface area contributed by atoms with Crippen molar-refractivity contribution in [1.29, 1.82) is 0 Å². The minimum absolute atomic E-state index is 0.366. The largest absolute Gasteiger partial charge is 0.314 e. The van der Waals surface area contributed by atoms with E-state index in [1.54, 1.807) is 18.4 Å². The van der Waals surface area contributed by atoms with Crippen molar-refractivity contribution in [2.45, 2.75) is 32.7 Å². The van der Waals surface area contributed by atoms with E-state index < -0.39 is 10.2 Å². The lowest BCUT2D eigenvalue weighted by Crippen LogP contribution is -2.52. The van der Waals surface area contributed by atoms with E-state index in [0.29, 0.717) is 25.0 Å². The minimum Gasteiger partial charge on any atom is -0.314 e. The predicted octanol–water partition coefficient (Wildman–Crippen LogP) is 0.503. The van der Waals surface area contributed by atoms with Crippen LogP contribution in [0.25, 0.3) is 0 Å². The van der Waals surface area contributed by atoms with Gasteiger partial charge in [0.25, 0.3) is 10.2 Å². The number of nitrogens with zero attached hydrogens (tertiary/aromatic N) is 2. The lowest BCUT2D eigenvalue weighted by molar-refractivity contribution is 0.213. The standard InChI is InChI=1S/C11H25N3O2S/c1-5-7-12-11-6-8-14(9-10(11)2)17(15,16)13(3)4/h10-12H,5-9H2,1-4H3. The fourth-order valence-electron chi connectivity index (χ4n) is 2.18. The molecular formula is C11H25N3O2S. The molecule has 0 bridgehead atoms. The molecule has 1 N–H and O–H groups in total. The number of rotatable bonds is 5. The van der Waals surface area contributed by atoms with Crippen molar-refractivity contribution >= 4 is 10.2 Å². The van der Waals surface area contributed by atoms with E-state index in [1.165, 1.54) is 4.31 Å². The summed E-state index contributed by atoms with van der Waals surface area (Å²) < 4.78 is 26.8. The second kappa shape index (κ2) is 6.13. The Morgan fingerprint density at radius 2 is 2.06 bits per heavy atom. The zero-order chi connectivity index (χ0) is 13.1. The highest BCUT2D eigenvalue weighted by molar-refractivity contribution is 7.86. The zero-order valence-electron chi connectivity index (χ0n) is 11.3. The van der Waals surface area contributed by atoms with E-state index in [0.717, 1.165) is 19.4 Å². The maximum atomic E-state index is 12.0. The highest BCUT2D eigenvalue weighted by Gasteiger charge is 2.33. The summed E-state index contributed by atoms with van der Waals surface area (Å²) in [5, 5.41) is 3.49. The molecule has 2 unspecified atom stereocenters. The van der Waals surface area contributed by atoms with Crippen molar-refractivity contribution in [2.75, 3.05) is 33.7 Å². The van der Waals surface area contributed by atoms with Gasteiger partial charge in [0, 0.05) is 33.2 Å². The normalized spacial score (nSPS) is 27.6. The molecule has 5 nitrogen and oxygen atoms in total. The average molecular weight is 263 g/mol. The Morgan fingerprint density at radius 3 is 2.53 bits per heavy atom. The van der Waals surface area contributed by atoms with Crippen LogP contribution in [0.15, 0.2) is 0 Å². The van der Waals surface area contributed by atoms with Gasteiger partial charge >= 0.3 is 0 Å². The van der Waals surface area contributed by atoms with Crippen molar-refractivity contribution in [3.8, 4) is 0 Å². The minimum atomic E-state index is -3.24. The molecule has 1 rings (SSSR count). The van der Waals surface area contributed by atoms with Crippen LogP contribution in [-0.2, 0) is 10.2 Å². The Balaban J connectivity index is 2.58. The summed E-state index contributed by atoms with van der Waals surface area (Å²) in [7, 11) is -0.0684. The molecule has 1 heterocycles. The lowest BCUT2D eigenvalue weighted by atomic mass is 9.95. The van der Waals surface area contributed by atoms with Crippen LogP contribution in [0.2, 0.25) is 0 Å². The number of nitrogens with one attached hydrogen (secondary N) is 1. The smallest absolute Gasteiger partial charge is 0.281 e. The molecule has 1 fully saturated rings. The SMILES string of the molecule is CCCNC1CCN(S(=O)(=O)N(C)C)CC1C. The Kier molecular flexibility index (Phi) is 5.37. The van der Waals surface area contributed by atoms with Gasteiger partial charge in [-0.1, -0.05) is 13.8 Å². The third kappa shape index (κ3) is 3.64. The van der Waals surface area contributed by atoms with Gasteiger partial charge in [-0.25, -0.2) is 0 Å². The molecule has 2 atom stereocenters. The fraction of sp³-hybridized carbons (Fsp3) is 1.00. The highest BCUT2D eigenvalue weighted by atomic mass is 32.2. The van der Waals surface area contributed by atoms with Crippen LogP contribution in [0.3, 0.4) is 0 Å². The molecule has 0 radical (unpaired) electrons. The van der Waals surface area contributed by atoms with Crippen LogP contribution in [-0.4, -0.2) is 56.8 Å². The molecule has 6 heteroatoms. The molecule has 1 aliphatic rings. The van der Waals surface area contributed by atoms with Crippen molar-refractivity contribution in [3.05, 3.63) is 0 Å². The van der Waals surface area contributed by atoms with Gasteiger partial charge in [-0.15, -0.1) is 0 Å². The molecular weight excluding hydrogens is 238 g/mol. The van der Waals surface area contributed by atoms with Gasteiger partial charge < -0.3 is 5.32 Å². The van der Waals surface area contributed by atoms with Crippen LogP contribution in [0.1, 0.15) is 26.7 Å². The summed E-state index contributed by atoms with van der Waals surface area (Å²) in [6, 6.07) is 0.448. The molecule has 17 heavy (non-hydrogen) atoms. The molecule has 0 aromatic rings. The van der Waals surface area contributed by atoms with Crippen LogP contribution < -0.4 is 5.32 Å². The third-order valence-corrected chi connectivity index (χ3v) is 5.22. The van der Waals surface area contributed by atoms with E-state index >= 15 is 0 Å². The monoisotopic (exact) mass is 263 g/mol. The number of hydrogen-bond acceptors (Lipinski definition) is 3. The van der Waals surface area contributed by atoms with E-state index in [2.05, 4.69) is 19.2 Å². The summed E-state index contributed by atoms with van der Waals surface area (Å²) in [5.41, 5.74) is 0. The van der Waals surface area contributed by atoms with Crippen LogP contribution in [0.5, 0.6) is 0 Å². The fourth-order valence-corrected chi connectivity index (χ4v) is 3.40. The molecule has 0 spiro atoms. The van der Waals surface area contributed by atoms with Crippen molar-refractivity contribution in [1.82, 2.24) is 13.9 Å². The van der Waals surface area contributed by atoms with E-state index in [-0.39, 0.29) is 0 Å². The first-order chi connectivity index (χ1) is 7.89. The average Bonchev–Trinajstić information content (AvgIpc) is 2.27. The van der Waals surface area contributed by atoms with Gasteiger partial charge in [-0.3, -0.25) is 0 Å². The summed E-state index contributed by atoms with van der Waals surface area (Å²) in [4.78, 5) is 0. The van der Waals surface area contributed by atoms with E-state index in [1.807, 2.05) is 0 Å². The topological polar surface area (TPSA) is 52.7 Å². The highest BCUT2D eigenvalue weighted by Crippen LogP contribution is 2.20.